The molecule has 2 heterocycles. The molecule has 1 aliphatic rings. The van der Waals surface area contributed by atoms with E-state index in [0.717, 1.165) is 6.07 Å². The molecule has 1 saturated heterocycles. The quantitative estimate of drug-likeness (QED) is 0.889. The Morgan fingerprint density at radius 3 is 2.40 bits per heavy atom. The summed E-state index contributed by atoms with van der Waals surface area (Å²) in [6.45, 7) is 6.01. The van der Waals surface area contributed by atoms with Crippen molar-refractivity contribution in [1.29, 1.82) is 0 Å². The number of anilines is 2. The zero-order valence-electron chi connectivity index (χ0n) is 14.0. The first-order chi connectivity index (χ1) is 11.9. The molecule has 0 unspecified atom stereocenters. The predicted molar refractivity (Wildman–Crippen MR) is 91.7 cm³/mol. The monoisotopic (exact) mass is 366 g/mol. The first kappa shape index (κ1) is 17.6. The van der Waals surface area contributed by atoms with E-state index in [1.54, 1.807) is 13.8 Å². The number of nitrogens with one attached hydrogen (secondary N) is 1. The molecule has 0 radical (unpaired) electrons. The molecule has 25 heavy (non-hydrogen) atoms. The van der Waals surface area contributed by atoms with Crippen LogP contribution >= 0.6 is 0 Å². The number of benzene rings is 1. The Morgan fingerprint density at radius 2 is 1.80 bits per heavy atom. The minimum absolute atomic E-state index is 0.149. The number of ether oxygens (including phenoxy) is 1. The topological polar surface area (TPSA) is 84.4 Å². The van der Waals surface area contributed by atoms with E-state index in [1.807, 2.05) is 4.90 Å². The van der Waals surface area contributed by atoms with E-state index in [-0.39, 0.29) is 4.90 Å². The molecule has 1 aromatic carbocycles. The number of halogens is 1. The van der Waals surface area contributed by atoms with Crippen LogP contribution in [0.25, 0.3) is 0 Å². The second kappa shape index (κ2) is 6.93. The van der Waals surface area contributed by atoms with E-state index in [1.165, 1.54) is 18.2 Å². The van der Waals surface area contributed by atoms with Gasteiger partial charge in [-0.1, -0.05) is 6.07 Å². The van der Waals surface area contributed by atoms with Gasteiger partial charge in [0, 0.05) is 13.1 Å². The number of hydrogen-bond donors (Lipinski definition) is 1. The van der Waals surface area contributed by atoms with Gasteiger partial charge in [-0.25, -0.2) is 22.8 Å². The van der Waals surface area contributed by atoms with Crippen molar-refractivity contribution in [2.45, 2.75) is 18.7 Å². The minimum atomic E-state index is -3.92. The van der Waals surface area contributed by atoms with Gasteiger partial charge in [0.25, 0.3) is 10.0 Å². The van der Waals surface area contributed by atoms with Gasteiger partial charge in [0.05, 0.1) is 35.2 Å². The summed E-state index contributed by atoms with van der Waals surface area (Å²) >= 11 is 0. The van der Waals surface area contributed by atoms with Crippen LogP contribution in [0.4, 0.5) is 16.0 Å². The third-order valence-electron chi connectivity index (χ3n) is 3.90. The zero-order valence-corrected chi connectivity index (χ0v) is 14.8. The maximum absolute atomic E-state index is 13.3. The van der Waals surface area contributed by atoms with E-state index in [4.69, 9.17) is 4.74 Å². The Balaban J connectivity index is 1.90. The van der Waals surface area contributed by atoms with Crippen molar-refractivity contribution in [1.82, 2.24) is 9.97 Å². The maximum Gasteiger partial charge on any atom is 0.262 e. The Kier molecular flexibility index (Phi) is 4.87. The number of aryl methyl sites for hydroxylation is 2. The molecule has 1 aliphatic heterocycles. The molecule has 3 rings (SSSR count). The molecule has 134 valence electrons. The molecule has 2 aromatic rings. The van der Waals surface area contributed by atoms with Crippen LogP contribution in [-0.2, 0) is 14.8 Å². The average Bonchev–Trinajstić information content (AvgIpc) is 2.59. The van der Waals surface area contributed by atoms with E-state index < -0.39 is 15.8 Å². The van der Waals surface area contributed by atoms with Gasteiger partial charge in [0.15, 0.2) is 0 Å². The molecular weight excluding hydrogens is 347 g/mol. The summed E-state index contributed by atoms with van der Waals surface area (Å²) in [7, 11) is -3.92. The van der Waals surface area contributed by atoms with Crippen molar-refractivity contribution >= 4 is 21.7 Å². The number of hydrogen-bond acceptors (Lipinski definition) is 6. The summed E-state index contributed by atoms with van der Waals surface area (Å²) in [5.41, 5.74) is 1.32. The summed E-state index contributed by atoms with van der Waals surface area (Å²) in [4.78, 5) is 10.7. The van der Waals surface area contributed by atoms with Crippen molar-refractivity contribution in [2.75, 3.05) is 35.9 Å². The van der Waals surface area contributed by atoms with Crippen LogP contribution in [-0.4, -0.2) is 44.7 Å². The van der Waals surface area contributed by atoms with Gasteiger partial charge >= 0.3 is 0 Å². The molecule has 1 fully saturated rings. The van der Waals surface area contributed by atoms with Crippen molar-refractivity contribution in [3.63, 3.8) is 0 Å². The fourth-order valence-electron chi connectivity index (χ4n) is 2.58. The van der Waals surface area contributed by atoms with Crippen LogP contribution in [0.15, 0.2) is 29.2 Å². The van der Waals surface area contributed by atoms with E-state index in [9.17, 15) is 12.8 Å². The molecule has 1 N–H and O–H groups in total. The standard InChI is InChI=1S/C16H19FN4O3S/c1-11-15(20-25(22,23)14-5-3-4-13(17)10-14)12(2)19-16(18-11)21-6-8-24-9-7-21/h3-5,10,20H,6-9H2,1-2H3. The Bertz CT molecular complexity index is 860. The fraction of sp³-hybridized carbons (Fsp3) is 0.375. The molecule has 0 aliphatic carbocycles. The Morgan fingerprint density at radius 1 is 1.16 bits per heavy atom. The van der Waals surface area contributed by atoms with Gasteiger partial charge in [0.2, 0.25) is 5.95 Å². The fourth-order valence-corrected chi connectivity index (χ4v) is 3.79. The van der Waals surface area contributed by atoms with E-state index in [0.29, 0.717) is 49.3 Å². The van der Waals surface area contributed by atoms with Gasteiger partial charge in [-0.15, -0.1) is 0 Å². The molecule has 0 atom stereocenters. The van der Waals surface area contributed by atoms with Crippen LogP contribution < -0.4 is 9.62 Å². The number of morpholine rings is 1. The van der Waals surface area contributed by atoms with Crippen molar-refractivity contribution in [3.8, 4) is 0 Å². The number of nitrogens with zero attached hydrogens (tertiary/aromatic N) is 3. The highest BCUT2D eigenvalue weighted by Crippen LogP contribution is 2.24. The summed E-state index contributed by atoms with van der Waals surface area (Å²) in [6, 6.07) is 4.84. The van der Waals surface area contributed by atoms with Gasteiger partial charge in [-0.3, -0.25) is 4.72 Å². The SMILES string of the molecule is Cc1nc(N2CCOCC2)nc(C)c1NS(=O)(=O)c1cccc(F)c1. The molecule has 0 amide bonds. The van der Waals surface area contributed by atoms with E-state index in [2.05, 4.69) is 14.7 Å². The predicted octanol–water partition coefficient (Wildman–Crippen LogP) is 1.87. The molecule has 0 spiro atoms. The molecule has 7 nitrogen and oxygen atoms in total. The molecular formula is C16H19FN4O3S. The van der Waals surface area contributed by atoms with Crippen molar-refractivity contribution in [2.24, 2.45) is 0 Å². The summed E-state index contributed by atoms with van der Waals surface area (Å²) in [6.07, 6.45) is 0. The number of sulfonamides is 1. The van der Waals surface area contributed by atoms with E-state index >= 15 is 0 Å². The highest BCUT2D eigenvalue weighted by Gasteiger charge is 2.21. The lowest BCUT2D eigenvalue weighted by atomic mass is 10.3. The first-order valence-corrected chi connectivity index (χ1v) is 9.31. The Hall–Kier alpha value is -2.26. The summed E-state index contributed by atoms with van der Waals surface area (Å²) in [5.74, 6) is -0.0674. The average molecular weight is 366 g/mol. The lowest BCUT2D eigenvalue weighted by Gasteiger charge is -2.27. The van der Waals surface area contributed by atoms with Gasteiger partial charge in [-0.05, 0) is 32.0 Å². The van der Waals surface area contributed by atoms with Crippen molar-refractivity contribution in [3.05, 3.63) is 41.5 Å². The van der Waals surface area contributed by atoms with Crippen molar-refractivity contribution < 1.29 is 17.5 Å². The van der Waals surface area contributed by atoms with Crippen LogP contribution in [0.1, 0.15) is 11.4 Å². The second-order valence-electron chi connectivity index (χ2n) is 5.73. The maximum atomic E-state index is 13.3. The molecule has 0 bridgehead atoms. The summed E-state index contributed by atoms with van der Waals surface area (Å²) in [5, 5.41) is 0. The van der Waals surface area contributed by atoms with Crippen LogP contribution in [0.3, 0.4) is 0 Å². The smallest absolute Gasteiger partial charge is 0.262 e. The zero-order chi connectivity index (χ0) is 18.0. The number of aromatic nitrogens is 2. The lowest BCUT2D eigenvalue weighted by Crippen LogP contribution is -2.37. The normalized spacial score (nSPS) is 15.2. The highest BCUT2D eigenvalue weighted by molar-refractivity contribution is 7.92. The Labute approximate surface area is 145 Å². The van der Waals surface area contributed by atoms with Gasteiger partial charge in [-0.2, -0.15) is 0 Å². The van der Waals surface area contributed by atoms with Crippen LogP contribution in [0.2, 0.25) is 0 Å². The lowest BCUT2D eigenvalue weighted by molar-refractivity contribution is 0.122. The largest absolute Gasteiger partial charge is 0.378 e. The third-order valence-corrected chi connectivity index (χ3v) is 5.24. The molecule has 0 saturated carbocycles. The second-order valence-corrected chi connectivity index (χ2v) is 7.41. The van der Waals surface area contributed by atoms with Crippen LogP contribution in [0.5, 0.6) is 0 Å². The van der Waals surface area contributed by atoms with Gasteiger partial charge in [0.1, 0.15) is 5.82 Å². The molecule has 1 aromatic heterocycles. The van der Waals surface area contributed by atoms with Gasteiger partial charge < -0.3 is 9.64 Å². The summed E-state index contributed by atoms with van der Waals surface area (Å²) < 4.78 is 46.1. The third kappa shape index (κ3) is 3.88. The molecule has 9 heteroatoms. The number of rotatable bonds is 4. The highest BCUT2D eigenvalue weighted by atomic mass is 32.2. The van der Waals surface area contributed by atoms with Crippen LogP contribution in [0, 0.1) is 19.7 Å². The first-order valence-electron chi connectivity index (χ1n) is 7.83. The minimum Gasteiger partial charge on any atom is -0.378 e.